The van der Waals surface area contributed by atoms with Crippen LogP contribution in [0.1, 0.15) is 36.1 Å². The van der Waals surface area contributed by atoms with E-state index in [4.69, 9.17) is 12.2 Å². The molecule has 0 bridgehead atoms. The molecule has 0 amide bonds. The highest BCUT2D eigenvalue weighted by molar-refractivity contribution is 9.10. The monoisotopic (exact) mass is 376 g/mol. The van der Waals surface area contributed by atoms with Gasteiger partial charge in [-0.3, -0.25) is 0 Å². The zero-order valence-electron chi connectivity index (χ0n) is 13.1. The molecule has 22 heavy (non-hydrogen) atoms. The maximum absolute atomic E-state index is 5.45. The third-order valence-electron chi connectivity index (χ3n) is 3.60. The molecule has 0 fully saturated rings. The van der Waals surface area contributed by atoms with Crippen LogP contribution in [-0.2, 0) is 0 Å². The quantitative estimate of drug-likeness (QED) is 0.688. The molecule has 2 aromatic carbocycles. The van der Waals surface area contributed by atoms with Crippen molar-refractivity contribution in [2.75, 3.05) is 5.32 Å². The molecule has 2 nitrogen and oxygen atoms in total. The summed E-state index contributed by atoms with van der Waals surface area (Å²) in [5.74, 6) is 0. The molecule has 2 rings (SSSR count). The maximum atomic E-state index is 5.45. The SMILES string of the molecule is CC[C@H](NC(=S)Nc1cccc(Br)c1)c1ccc(C)cc1C. The molecule has 116 valence electrons. The van der Waals surface area contributed by atoms with Crippen LogP contribution in [0.2, 0.25) is 0 Å². The molecular weight excluding hydrogens is 356 g/mol. The minimum absolute atomic E-state index is 0.216. The lowest BCUT2D eigenvalue weighted by molar-refractivity contribution is 0.625. The van der Waals surface area contributed by atoms with Crippen LogP contribution in [0.5, 0.6) is 0 Å². The van der Waals surface area contributed by atoms with Gasteiger partial charge in [0, 0.05) is 10.2 Å². The molecule has 0 aliphatic heterocycles. The Kier molecular flexibility index (Phi) is 5.98. The number of hydrogen-bond donors (Lipinski definition) is 2. The summed E-state index contributed by atoms with van der Waals surface area (Å²) in [6, 6.07) is 14.7. The smallest absolute Gasteiger partial charge is 0.171 e. The maximum Gasteiger partial charge on any atom is 0.171 e. The normalized spacial score (nSPS) is 11.8. The van der Waals surface area contributed by atoms with E-state index < -0.39 is 0 Å². The first-order valence-electron chi connectivity index (χ1n) is 7.40. The van der Waals surface area contributed by atoms with Gasteiger partial charge in [0.15, 0.2) is 5.11 Å². The fourth-order valence-electron chi connectivity index (χ4n) is 2.51. The second-order valence-corrected chi connectivity index (χ2v) is 6.75. The fourth-order valence-corrected chi connectivity index (χ4v) is 3.17. The van der Waals surface area contributed by atoms with Crippen molar-refractivity contribution in [2.45, 2.75) is 33.2 Å². The van der Waals surface area contributed by atoms with Gasteiger partial charge in [-0.1, -0.05) is 52.7 Å². The highest BCUT2D eigenvalue weighted by Gasteiger charge is 2.13. The molecule has 0 saturated heterocycles. The van der Waals surface area contributed by atoms with Gasteiger partial charge in [0.2, 0.25) is 0 Å². The predicted octanol–water partition coefficient (Wildman–Crippen LogP) is 5.50. The van der Waals surface area contributed by atoms with Crippen molar-refractivity contribution in [3.8, 4) is 0 Å². The number of aryl methyl sites for hydroxylation is 2. The summed E-state index contributed by atoms with van der Waals surface area (Å²) in [7, 11) is 0. The van der Waals surface area contributed by atoms with Gasteiger partial charge < -0.3 is 10.6 Å². The third kappa shape index (κ3) is 4.55. The Labute approximate surface area is 146 Å². The van der Waals surface area contributed by atoms with Crippen molar-refractivity contribution in [2.24, 2.45) is 0 Å². The average molecular weight is 377 g/mol. The standard InChI is InChI=1S/C18H21BrN2S/c1-4-17(16-9-8-12(2)10-13(16)3)21-18(22)20-15-7-5-6-14(19)11-15/h5-11,17H,4H2,1-3H3,(H2,20,21,22)/t17-/m0/s1. The molecular formula is C18H21BrN2S. The van der Waals surface area contributed by atoms with Crippen LogP contribution < -0.4 is 10.6 Å². The molecule has 0 aliphatic carbocycles. The Morgan fingerprint density at radius 3 is 2.59 bits per heavy atom. The van der Waals surface area contributed by atoms with Crippen molar-refractivity contribution in [1.82, 2.24) is 5.32 Å². The summed E-state index contributed by atoms with van der Waals surface area (Å²) in [6.45, 7) is 6.43. The summed E-state index contributed by atoms with van der Waals surface area (Å²) in [6.07, 6.45) is 0.976. The summed E-state index contributed by atoms with van der Waals surface area (Å²) in [4.78, 5) is 0. The lowest BCUT2D eigenvalue weighted by atomic mass is 9.98. The highest BCUT2D eigenvalue weighted by Crippen LogP contribution is 2.22. The van der Waals surface area contributed by atoms with Crippen LogP contribution >= 0.6 is 28.1 Å². The minimum Gasteiger partial charge on any atom is -0.356 e. The molecule has 0 unspecified atom stereocenters. The summed E-state index contributed by atoms with van der Waals surface area (Å²) >= 11 is 8.92. The van der Waals surface area contributed by atoms with E-state index in [0.29, 0.717) is 5.11 Å². The second kappa shape index (κ2) is 7.75. The van der Waals surface area contributed by atoms with Gasteiger partial charge in [0.1, 0.15) is 0 Å². The molecule has 1 atom stereocenters. The summed E-state index contributed by atoms with van der Waals surface area (Å²) in [5.41, 5.74) is 4.85. The molecule has 0 radical (unpaired) electrons. The molecule has 2 N–H and O–H groups in total. The Morgan fingerprint density at radius 1 is 1.18 bits per heavy atom. The van der Waals surface area contributed by atoms with Crippen LogP contribution in [-0.4, -0.2) is 5.11 Å². The number of rotatable bonds is 4. The number of nitrogens with one attached hydrogen (secondary N) is 2. The van der Waals surface area contributed by atoms with Crippen molar-refractivity contribution >= 4 is 38.9 Å². The van der Waals surface area contributed by atoms with E-state index in [1.807, 2.05) is 24.3 Å². The van der Waals surface area contributed by atoms with Gasteiger partial charge >= 0.3 is 0 Å². The molecule has 0 saturated carbocycles. The minimum atomic E-state index is 0.216. The number of halogens is 1. The molecule has 0 aliphatic rings. The first-order valence-corrected chi connectivity index (χ1v) is 8.60. The number of anilines is 1. The lowest BCUT2D eigenvalue weighted by Crippen LogP contribution is -2.32. The summed E-state index contributed by atoms with van der Waals surface area (Å²) < 4.78 is 1.03. The summed E-state index contributed by atoms with van der Waals surface area (Å²) in [5, 5.41) is 7.30. The van der Waals surface area contributed by atoms with Crippen LogP contribution in [0.3, 0.4) is 0 Å². The van der Waals surface area contributed by atoms with E-state index >= 15 is 0 Å². The molecule has 0 aromatic heterocycles. The number of benzene rings is 2. The van der Waals surface area contributed by atoms with Crippen LogP contribution in [0.25, 0.3) is 0 Å². The van der Waals surface area contributed by atoms with Crippen molar-refractivity contribution in [3.05, 3.63) is 63.6 Å². The molecule has 0 spiro atoms. The predicted molar refractivity (Wildman–Crippen MR) is 102 cm³/mol. The van der Waals surface area contributed by atoms with Gasteiger partial charge in [0.05, 0.1) is 6.04 Å². The van der Waals surface area contributed by atoms with Gasteiger partial charge in [0.25, 0.3) is 0 Å². The Bertz CT molecular complexity index is 670. The van der Waals surface area contributed by atoms with Crippen LogP contribution in [0.15, 0.2) is 46.9 Å². The van der Waals surface area contributed by atoms with E-state index in [1.165, 1.54) is 16.7 Å². The van der Waals surface area contributed by atoms with E-state index in [2.05, 4.69) is 65.5 Å². The number of hydrogen-bond acceptors (Lipinski definition) is 1. The first-order chi connectivity index (χ1) is 10.5. The highest BCUT2D eigenvalue weighted by atomic mass is 79.9. The largest absolute Gasteiger partial charge is 0.356 e. The Balaban J connectivity index is 2.08. The van der Waals surface area contributed by atoms with Crippen molar-refractivity contribution in [3.63, 3.8) is 0 Å². The second-order valence-electron chi connectivity index (χ2n) is 5.43. The topological polar surface area (TPSA) is 24.1 Å². The van der Waals surface area contributed by atoms with Crippen molar-refractivity contribution in [1.29, 1.82) is 0 Å². The zero-order valence-corrected chi connectivity index (χ0v) is 15.5. The third-order valence-corrected chi connectivity index (χ3v) is 4.31. The molecule has 4 heteroatoms. The van der Waals surface area contributed by atoms with Gasteiger partial charge in [-0.2, -0.15) is 0 Å². The Hall–Kier alpha value is -1.39. The zero-order chi connectivity index (χ0) is 16.1. The fraction of sp³-hybridized carbons (Fsp3) is 0.278. The average Bonchev–Trinajstić information content (AvgIpc) is 2.45. The van der Waals surface area contributed by atoms with E-state index in [1.54, 1.807) is 0 Å². The van der Waals surface area contributed by atoms with E-state index in [0.717, 1.165) is 16.6 Å². The van der Waals surface area contributed by atoms with E-state index in [9.17, 15) is 0 Å². The van der Waals surface area contributed by atoms with Crippen molar-refractivity contribution < 1.29 is 0 Å². The van der Waals surface area contributed by atoms with E-state index in [-0.39, 0.29) is 6.04 Å². The van der Waals surface area contributed by atoms with Gasteiger partial charge in [-0.25, -0.2) is 0 Å². The lowest BCUT2D eigenvalue weighted by Gasteiger charge is -2.22. The van der Waals surface area contributed by atoms with Crippen LogP contribution in [0.4, 0.5) is 5.69 Å². The molecule has 0 heterocycles. The Morgan fingerprint density at radius 2 is 1.95 bits per heavy atom. The van der Waals surface area contributed by atoms with Gasteiger partial charge in [-0.15, -0.1) is 0 Å². The van der Waals surface area contributed by atoms with Crippen LogP contribution in [0, 0.1) is 13.8 Å². The molecule has 2 aromatic rings. The number of thiocarbonyl (C=S) groups is 1. The first kappa shape index (κ1) is 17.0. The van der Waals surface area contributed by atoms with Gasteiger partial charge in [-0.05, 0) is 61.8 Å².